The number of aryl methyl sites for hydroxylation is 1. The van der Waals surface area contributed by atoms with Gasteiger partial charge < -0.3 is 5.32 Å². The van der Waals surface area contributed by atoms with E-state index in [1.807, 2.05) is 19.1 Å². The molecular weight excluding hydrogens is 379 g/mol. The molecule has 1 N–H and O–H groups in total. The van der Waals surface area contributed by atoms with Gasteiger partial charge in [-0.2, -0.15) is 0 Å². The number of nitrogens with zero attached hydrogens (tertiary/aromatic N) is 1. The number of nitrogens with one attached hydrogen (secondary N) is 1. The summed E-state index contributed by atoms with van der Waals surface area (Å²) >= 11 is 1.21. The standard InChI is InChI=1S/C21H19FN2O3S/c1-13-7-3-4-8-15(13)18(25)11-20-24(19(26)12-28-20)14(2)21(27)23-17-10-6-5-9-16(17)22/h3-11,14H,12H2,1-2H3,(H,23,27)/b20-11-/t14-/m1/s1. The molecule has 2 aromatic rings. The molecule has 1 saturated heterocycles. The van der Waals surface area contributed by atoms with E-state index in [1.165, 1.54) is 40.9 Å². The molecule has 7 heteroatoms. The van der Waals surface area contributed by atoms with E-state index in [1.54, 1.807) is 25.1 Å². The van der Waals surface area contributed by atoms with Crippen molar-refractivity contribution in [3.05, 3.63) is 76.6 Å². The zero-order valence-corrected chi connectivity index (χ0v) is 16.3. The molecule has 0 unspecified atom stereocenters. The number of hydrogen-bond acceptors (Lipinski definition) is 4. The second-order valence-corrected chi connectivity index (χ2v) is 7.35. The minimum Gasteiger partial charge on any atom is -0.322 e. The van der Waals surface area contributed by atoms with E-state index in [-0.39, 0.29) is 23.1 Å². The van der Waals surface area contributed by atoms with Crippen molar-refractivity contribution in [1.82, 2.24) is 4.90 Å². The number of carbonyl (C=O) groups is 3. The Bertz CT molecular complexity index is 974. The molecular formula is C21H19FN2O3S. The first kappa shape index (κ1) is 19.8. The van der Waals surface area contributed by atoms with Crippen LogP contribution in [0.15, 0.2) is 59.6 Å². The van der Waals surface area contributed by atoms with Gasteiger partial charge in [-0.3, -0.25) is 19.3 Å². The lowest BCUT2D eigenvalue weighted by Crippen LogP contribution is -2.42. The fraction of sp³-hybridized carbons (Fsp3) is 0.190. The van der Waals surface area contributed by atoms with Crippen LogP contribution < -0.4 is 5.32 Å². The Morgan fingerprint density at radius 1 is 1.18 bits per heavy atom. The Morgan fingerprint density at radius 2 is 1.86 bits per heavy atom. The van der Waals surface area contributed by atoms with Crippen molar-refractivity contribution >= 4 is 35.0 Å². The molecule has 144 valence electrons. The summed E-state index contributed by atoms with van der Waals surface area (Å²) in [6.45, 7) is 3.38. The molecule has 5 nitrogen and oxygen atoms in total. The molecule has 0 radical (unpaired) electrons. The summed E-state index contributed by atoms with van der Waals surface area (Å²) in [7, 11) is 0. The molecule has 0 bridgehead atoms. The van der Waals surface area contributed by atoms with Crippen LogP contribution in [0.4, 0.5) is 10.1 Å². The summed E-state index contributed by atoms with van der Waals surface area (Å²) in [5, 5.41) is 2.90. The molecule has 1 aliphatic heterocycles. The van der Waals surface area contributed by atoms with Crippen molar-refractivity contribution in [2.75, 3.05) is 11.1 Å². The van der Waals surface area contributed by atoms with Gasteiger partial charge in [0.2, 0.25) is 11.8 Å². The number of hydrogen-bond donors (Lipinski definition) is 1. The lowest BCUT2D eigenvalue weighted by Gasteiger charge is -2.24. The highest BCUT2D eigenvalue weighted by Crippen LogP contribution is 2.32. The minimum absolute atomic E-state index is 0.0418. The molecule has 1 atom stereocenters. The lowest BCUT2D eigenvalue weighted by atomic mass is 10.0. The number of benzene rings is 2. The van der Waals surface area contributed by atoms with Gasteiger partial charge in [-0.1, -0.05) is 48.2 Å². The SMILES string of the molecule is Cc1ccccc1C(=O)/C=C1\SCC(=O)N1[C@H](C)C(=O)Nc1ccccc1F. The van der Waals surface area contributed by atoms with Crippen molar-refractivity contribution in [3.63, 3.8) is 0 Å². The maximum atomic E-state index is 13.8. The predicted octanol–water partition coefficient (Wildman–Crippen LogP) is 3.76. The Balaban J connectivity index is 1.81. The van der Waals surface area contributed by atoms with Crippen LogP contribution in [0.3, 0.4) is 0 Å². The highest BCUT2D eigenvalue weighted by molar-refractivity contribution is 8.04. The number of para-hydroxylation sites is 1. The van der Waals surface area contributed by atoms with Crippen molar-refractivity contribution in [2.24, 2.45) is 0 Å². The number of anilines is 1. The molecule has 0 spiro atoms. The summed E-state index contributed by atoms with van der Waals surface area (Å²) in [5.74, 6) is -1.46. The van der Waals surface area contributed by atoms with Crippen LogP contribution >= 0.6 is 11.8 Å². The third-order valence-electron chi connectivity index (χ3n) is 4.41. The second kappa shape index (κ2) is 8.39. The van der Waals surface area contributed by atoms with Gasteiger partial charge >= 0.3 is 0 Å². The van der Waals surface area contributed by atoms with Crippen molar-refractivity contribution in [1.29, 1.82) is 0 Å². The summed E-state index contributed by atoms with van der Waals surface area (Å²) < 4.78 is 13.8. The second-order valence-electron chi connectivity index (χ2n) is 6.36. The summed E-state index contributed by atoms with van der Waals surface area (Å²) in [4.78, 5) is 38.8. The predicted molar refractivity (Wildman–Crippen MR) is 107 cm³/mol. The van der Waals surface area contributed by atoms with Gasteiger partial charge in [-0.15, -0.1) is 0 Å². The number of ketones is 1. The van der Waals surface area contributed by atoms with Crippen LogP contribution in [0.25, 0.3) is 0 Å². The van der Waals surface area contributed by atoms with Gasteiger partial charge in [0.25, 0.3) is 0 Å². The lowest BCUT2D eigenvalue weighted by molar-refractivity contribution is -0.132. The minimum atomic E-state index is -0.891. The number of halogens is 1. The molecule has 1 aliphatic rings. The van der Waals surface area contributed by atoms with Crippen LogP contribution in [-0.2, 0) is 9.59 Å². The summed E-state index contributed by atoms with van der Waals surface area (Å²) in [6, 6.07) is 12.1. The monoisotopic (exact) mass is 398 g/mol. The highest BCUT2D eigenvalue weighted by atomic mass is 32.2. The fourth-order valence-electron chi connectivity index (χ4n) is 2.87. The van der Waals surface area contributed by atoms with E-state index >= 15 is 0 Å². The topological polar surface area (TPSA) is 66.5 Å². The first-order chi connectivity index (χ1) is 13.4. The first-order valence-electron chi connectivity index (χ1n) is 8.70. The molecule has 2 amide bonds. The van der Waals surface area contributed by atoms with Crippen molar-refractivity contribution < 1.29 is 18.8 Å². The van der Waals surface area contributed by atoms with Crippen LogP contribution in [0.1, 0.15) is 22.8 Å². The van der Waals surface area contributed by atoms with E-state index in [0.717, 1.165) is 5.56 Å². The zero-order chi connectivity index (χ0) is 20.3. The van der Waals surface area contributed by atoms with E-state index in [0.29, 0.717) is 10.6 Å². The third-order valence-corrected chi connectivity index (χ3v) is 5.41. The zero-order valence-electron chi connectivity index (χ0n) is 15.4. The van der Waals surface area contributed by atoms with E-state index in [2.05, 4.69) is 5.32 Å². The molecule has 0 aromatic heterocycles. The molecule has 1 fully saturated rings. The third kappa shape index (κ3) is 4.14. The fourth-order valence-corrected chi connectivity index (χ4v) is 3.87. The van der Waals surface area contributed by atoms with E-state index in [9.17, 15) is 18.8 Å². The van der Waals surface area contributed by atoms with Crippen molar-refractivity contribution in [2.45, 2.75) is 19.9 Å². The van der Waals surface area contributed by atoms with E-state index < -0.39 is 17.8 Å². The highest BCUT2D eigenvalue weighted by Gasteiger charge is 2.35. The summed E-state index contributed by atoms with van der Waals surface area (Å²) in [5.41, 5.74) is 1.41. The van der Waals surface area contributed by atoms with Crippen molar-refractivity contribution in [3.8, 4) is 0 Å². The smallest absolute Gasteiger partial charge is 0.247 e. The summed E-state index contributed by atoms with van der Waals surface area (Å²) in [6.07, 6.45) is 1.38. The number of rotatable bonds is 5. The van der Waals surface area contributed by atoms with Crippen LogP contribution in [0, 0.1) is 12.7 Å². The Labute approximate surface area is 166 Å². The Morgan fingerprint density at radius 3 is 2.57 bits per heavy atom. The number of thioether (sulfide) groups is 1. The average molecular weight is 398 g/mol. The first-order valence-corrected chi connectivity index (χ1v) is 9.69. The van der Waals surface area contributed by atoms with Gasteiger partial charge in [0, 0.05) is 11.6 Å². The Hall–Kier alpha value is -2.93. The number of amides is 2. The molecule has 1 heterocycles. The molecule has 3 rings (SSSR count). The van der Waals surface area contributed by atoms with Gasteiger partial charge in [0.15, 0.2) is 5.78 Å². The maximum absolute atomic E-state index is 13.8. The number of carbonyl (C=O) groups excluding carboxylic acids is 3. The van der Waals surface area contributed by atoms with E-state index in [4.69, 9.17) is 0 Å². The largest absolute Gasteiger partial charge is 0.322 e. The quantitative estimate of drug-likeness (QED) is 0.615. The normalized spacial score (nSPS) is 16.3. The maximum Gasteiger partial charge on any atom is 0.247 e. The molecule has 0 saturated carbocycles. The van der Waals surface area contributed by atoms with Gasteiger partial charge in [0.05, 0.1) is 16.5 Å². The molecule has 0 aliphatic carbocycles. The van der Waals surface area contributed by atoms with Gasteiger partial charge in [0.1, 0.15) is 11.9 Å². The number of allylic oxidation sites excluding steroid dienone is 1. The van der Waals surface area contributed by atoms with Gasteiger partial charge in [-0.05, 0) is 31.5 Å². The van der Waals surface area contributed by atoms with Crippen LogP contribution in [0.2, 0.25) is 0 Å². The van der Waals surface area contributed by atoms with Crippen LogP contribution in [-0.4, -0.2) is 34.3 Å². The molecule has 28 heavy (non-hydrogen) atoms. The molecule has 2 aromatic carbocycles. The average Bonchev–Trinajstić information content (AvgIpc) is 3.03. The Kier molecular flexibility index (Phi) is 5.94. The van der Waals surface area contributed by atoms with Gasteiger partial charge in [-0.25, -0.2) is 4.39 Å². The van der Waals surface area contributed by atoms with Crippen LogP contribution in [0.5, 0.6) is 0 Å².